The monoisotopic (exact) mass is 384 g/mol. The predicted molar refractivity (Wildman–Crippen MR) is 91.6 cm³/mol. The number of rotatable bonds is 4. The molecule has 0 N–H and O–H groups in total. The van der Waals surface area contributed by atoms with Crippen LogP contribution in [0.4, 0.5) is 24.5 Å². The number of nitro groups is 1. The second-order valence-electron chi connectivity index (χ2n) is 6.47. The van der Waals surface area contributed by atoms with Crippen molar-refractivity contribution in [3.63, 3.8) is 0 Å². The average Bonchev–Trinajstić information content (AvgIpc) is 2.91. The molecule has 1 aliphatic heterocycles. The number of hydrogen-bond acceptors (Lipinski definition) is 6. The second kappa shape index (κ2) is 7.18. The first-order valence-corrected chi connectivity index (χ1v) is 8.41. The van der Waals surface area contributed by atoms with Crippen molar-refractivity contribution in [2.24, 2.45) is 0 Å². The topological polar surface area (TPSA) is 75.7 Å². The Balaban J connectivity index is 1.72. The van der Waals surface area contributed by atoms with Crippen molar-refractivity contribution in [1.82, 2.24) is 9.88 Å². The maximum Gasteiger partial charge on any atom is 0.418 e. The van der Waals surface area contributed by atoms with Crippen molar-refractivity contribution in [2.45, 2.75) is 26.6 Å². The zero-order chi connectivity index (χ0) is 19.8. The van der Waals surface area contributed by atoms with E-state index >= 15 is 0 Å². The third-order valence-electron chi connectivity index (χ3n) is 4.64. The third-order valence-corrected chi connectivity index (χ3v) is 4.64. The van der Waals surface area contributed by atoms with Gasteiger partial charge in [0.1, 0.15) is 5.76 Å². The summed E-state index contributed by atoms with van der Waals surface area (Å²) in [7, 11) is 0. The summed E-state index contributed by atoms with van der Waals surface area (Å²) in [6, 6.07) is 2.88. The smallest absolute Gasteiger partial charge is 0.418 e. The molecule has 0 spiro atoms. The van der Waals surface area contributed by atoms with Crippen LogP contribution in [0.5, 0.6) is 0 Å². The Hall–Kier alpha value is -2.62. The fraction of sp³-hybridized carbons (Fsp3) is 0.471. The number of nitrogens with zero attached hydrogens (tertiary/aromatic N) is 4. The zero-order valence-electron chi connectivity index (χ0n) is 14.9. The molecule has 7 nitrogen and oxygen atoms in total. The van der Waals surface area contributed by atoms with Crippen LogP contribution in [-0.2, 0) is 12.7 Å². The summed E-state index contributed by atoms with van der Waals surface area (Å²) >= 11 is 0. The number of piperazine rings is 1. The van der Waals surface area contributed by atoms with Gasteiger partial charge < -0.3 is 9.32 Å². The summed E-state index contributed by atoms with van der Waals surface area (Å²) in [4.78, 5) is 18.0. The van der Waals surface area contributed by atoms with Crippen molar-refractivity contribution >= 4 is 11.4 Å². The summed E-state index contributed by atoms with van der Waals surface area (Å²) in [6.07, 6.45) is -4.66. The predicted octanol–water partition coefficient (Wildman–Crippen LogP) is 3.54. The van der Waals surface area contributed by atoms with Crippen LogP contribution in [-0.4, -0.2) is 41.0 Å². The average molecular weight is 384 g/mol. The summed E-state index contributed by atoms with van der Waals surface area (Å²) in [6.45, 7) is 6.00. The van der Waals surface area contributed by atoms with Gasteiger partial charge in [0.25, 0.3) is 5.69 Å². The van der Waals surface area contributed by atoms with E-state index in [9.17, 15) is 23.3 Å². The Morgan fingerprint density at radius 3 is 2.41 bits per heavy atom. The molecule has 27 heavy (non-hydrogen) atoms. The molecule has 0 atom stereocenters. The second-order valence-corrected chi connectivity index (χ2v) is 6.47. The lowest BCUT2D eigenvalue weighted by Crippen LogP contribution is -2.46. The highest BCUT2D eigenvalue weighted by molar-refractivity contribution is 5.59. The lowest BCUT2D eigenvalue weighted by molar-refractivity contribution is -0.385. The molecule has 10 heteroatoms. The van der Waals surface area contributed by atoms with E-state index in [-0.39, 0.29) is 5.69 Å². The highest BCUT2D eigenvalue weighted by atomic mass is 19.4. The Bertz CT molecular complexity index is 823. The third kappa shape index (κ3) is 4.21. The molecule has 1 aromatic heterocycles. The molecule has 1 fully saturated rings. The number of non-ortho nitro benzene ring substituents is 1. The molecule has 1 aromatic carbocycles. The molecular formula is C17H19F3N4O3. The van der Waals surface area contributed by atoms with Crippen LogP contribution < -0.4 is 4.90 Å². The first-order chi connectivity index (χ1) is 12.6. The molecule has 0 unspecified atom stereocenters. The van der Waals surface area contributed by atoms with Crippen LogP contribution in [0.25, 0.3) is 0 Å². The van der Waals surface area contributed by atoms with E-state index < -0.39 is 22.4 Å². The molecule has 2 heterocycles. The maximum atomic E-state index is 13.4. The molecule has 0 bridgehead atoms. The number of anilines is 1. The van der Waals surface area contributed by atoms with Gasteiger partial charge in [-0.3, -0.25) is 15.0 Å². The van der Waals surface area contributed by atoms with Gasteiger partial charge in [0.05, 0.1) is 22.7 Å². The van der Waals surface area contributed by atoms with Crippen LogP contribution in [0.3, 0.4) is 0 Å². The van der Waals surface area contributed by atoms with Gasteiger partial charge in [-0.1, -0.05) is 0 Å². The molecule has 0 radical (unpaired) electrons. The minimum absolute atomic E-state index is 0.0319. The van der Waals surface area contributed by atoms with E-state index in [0.717, 1.165) is 17.5 Å². The molecule has 0 aliphatic carbocycles. The molecule has 0 saturated carbocycles. The van der Waals surface area contributed by atoms with Gasteiger partial charge >= 0.3 is 6.18 Å². The standard InChI is InChI=1S/C17H19F3N4O3/c1-11-12(2)27-16(21-11)10-22-5-7-23(8-6-22)15-4-3-13(24(25)26)9-14(15)17(18,19)20/h3-4,9H,5-8,10H2,1-2H3. The highest BCUT2D eigenvalue weighted by Gasteiger charge is 2.37. The lowest BCUT2D eigenvalue weighted by Gasteiger charge is -2.36. The normalized spacial score (nSPS) is 16.0. The van der Waals surface area contributed by atoms with Crippen LogP contribution >= 0.6 is 0 Å². The van der Waals surface area contributed by atoms with E-state index in [0.29, 0.717) is 44.7 Å². The van der Waals surface area contributed by atoms with E-state index in [4.69, 9.17) is 4.42 Å². The number of aromatic nitrogens is 1. The minimum atomic E-state index is -4.66. The van der Waals surface area contributed by atoms with Gasteiger partial charge in [-0.05, 0) is 19.9 Å². The summed E-state index contributed by atoms with van der Waals surface area (Å²) < 4.78 is 45.7. The van der Waals surface area contributed by atoms with Crippen molar-refractivity contribution in [1.29, 1.82) is 0 Å². The molecule has 0 amide bonds. The number of alkyl halides is 3. The van der Waals surface area contributed by atoms with Crippen LogP contribution in [0.15, 0.2) is 22.6 Å². The maximum absolute atomic E-state index is 13.4. The lowest BCUT2D eigenvalue weighted by atomic mass is 10.1. The van der Waals surface area contributed by atoms with Crippen LogP contribution in [0.2, 0.25) is 0 Å². The van der Waals surface area contributed by atoms with Crippen molar-refractivity contribution in [2.75, 3.05) is 31.1 Å². The molecular weight excluding hydrogens is 365 g/mol. The first kappa shape index (κ1) is 19.2. The van der Waals surface area contributed by atoms with Crippen molar-refractivity contribution in [3.8, 4) is 0 Å². The molecule has 1 aliphatic rings. The number of hydrogen-bond donors (Lipinski definition) is 0. The molecule has 2 aromatic rings. The number of benzene rings is 1. The Morgan fingerprint density at radius 1 is 1.22 bits per heavy atom. The highest BCUT2D eigenvalue weighted by Crippen LogP contribution is 2.39. The fourth-order valence-corrected chi connectivity index (χ4v) is 3.09. The Labute approximate surface area is 153 Å². The van der Waals surface area contributed by atoms with Gasteiger partial charge in [-0.2, -0.15) is 13.2 Å². The molecule has 1 saturated heterocycles. The summed E-state index contributed by atoms with van der Waals surface area (Å²) in [5.74, 6) is 1.34. The zero-order valence-corrected chi connectivity index (χ0v) is 14.9. The van der Waals surface area contributed by atoms with Gasteiger partial charge in [-0.25, -0.2) is 4.98 Å². The molecule has 3 rings (SSSR count). The SMILES string of the molecule is Cc1nc(CN2CCN(c3ccc([N+](=O)[O-])cc3C(F)(F)F)CC2)oc1C. The fourth-order valence-electron chi connectivity index (χ4n) is 3.09. The largest absolute Gasteiger partial charge is 0.444 e. The van der Waals surface area contributed by atoms with Crippen molar-refractivity contribution in [3.05, 3.63) is 51.2 Å². The van der Waals surface area contributed by atoms with Crippen LogP contribution in [0.1, 0.15) is 22.9 Å². The van der Waals surface area contributed by atoms with Gasteiger partial charge in [0.2, 0.25) is 5.89 Å². The summed E-state index contributed by atoms with van der Waals surface area (Å²) in [5.41, 5.74) is -0.761. The Kier molecular flexibility index (Phi) is 5.09. The van der Waals surface area contributed by atoms with E-state index in [1.807, 2.05) is 13.8 Å². The number of aryl methyl sites for hydroxylation is 2. The van der Waals surface area contributed by atoms with E-state index in [2.05, 4.69) is 9.88 Å². The van der Waals surface area contributed by atoms with Gasteiger partial charge in [0, 0.05) is 44.0 Å². The van der Waals surface area contributed by atoms with Gasteiger partial charge in [0.15, 0.2) is 0 Å². The summed E-state index contributed by atoms with van der Waals surface area (Å²) in [5, 5.41) is 10.8. The quantitative estimate of drug-likeness (QED) is 0.593. The Morgan fingerprint density at radius 2 is 1.89 bits per heavy atom. The van der Waals surface area contributed by atoms with Crippen molar-refractivity contribution < 1.29 is 22.5 Å². The van der Waals surface area contributed by atoms with E-state index in [1.54, 1.807) is 4.90 Å². The van der Waals surface area contributed by atoms with Gasteiger partial charge in [-0.15, -0.1) is 0 Å². The number of halogens is 3. The van der Waals surface area contributed by atoms with E-state index in [1.165, 1.54) is 6.07 Å². The van der Waals surface area contributed by atoms with Crippen LogP contribution in [0, 0.1) is 24.0 Å². The number of oxazole rings is 1. The minimum Gasteiger partial charge on any atom is -0.444 e. The first-order valence-electron chi connectivity index (χ1n) is 8.41. The molecule has 146 valence electrons. The number of nitro benzene ring substituents is 1.